The molecular formula is C34H41F3N4O5S. The van der Waals surface area contributed by atoms with Crippen LogP contribution in [0, 0.1) is 17.3 Å². The monoisotopic (exact) mass is 674 g/mol. The number of fused-ring (bicyclic) bond motifs is 1. The Morgan fingerprint density at radius 1 is 1.04 bits per heavy atom. The number of likely N-dealkylation sites (tertiary alicyclic amines) is 1. The van der Waals surface area contributed by atoms with Gasteiger partial charge in [-0.1, -0.05) is 12.0 Å². The van der Waals surface area contributed by atoms with Gasteiger partial charge in [-0.2, -0.15) is 13.2 Å². The van der Waals surface area contributed by atoms with E-state index in [1.54, 1.807) is 24.3 Å². The number of nitrogens with zero attached hydrogens (tertiary/aromatic N) is 2. The molecule has 0 atom stereocenters. The molecule has 2 aliphatic heterocycles. The van der Waals surface area contributed by atoms with Gasteiger partial charge in [0.05, 0.1) is 48.2 Å². The lowest BCUT2D eigenvalue weighted by Crippen LogP contribution is -2.68. The lowest BCUT2D eigenvalue weighted by molar-refractivity contribution is -0.200. The van der Waals surface area contributed by atoms with E-state index in [0.29, 0.717) is 40.4 Å². The molecular weight excluding hydrogens is 633 g/mol. The number of anilines is 2. The van der Waals surface area contributed by atoms with Crippen LogP contribution in [0.5, 0.6) is 5.75 Å². The van der Waals surface area contributed by atoms with E-state index in [1.165, 1.54) is 23.8 Å². The predicted molar refractivity (Wildman–Crippen MR) is 175 cm³/mol. The Balaban J connectivity index is 1.16. The molecule has 1 spiro atoms. The molecule has 3 aromatic rings. The fourth-order valence-corrected chi connectivity index (χ4v) is 7.46. The largest absolute Gasteiger partial charge is 0.489 e. The van der Waals surface area contributed by atoms with Gasteiger partial charge in [-0.25, -0.2) is 8.42 Å². The second kappa shape index (κ2) is 13.6. The van der Waals surface area contributed by atoms with E-state index in [0.717, 1.165) is 63.9 Å². The zero-order valence-electron chi connectivity index (χ0n) is 26.7. The summed E-state index contributed by atoms with van der Waals surface area (Å²) in [6.45, 7) is 3.45. The fourth-order valence-electron chi connectivity index (χ4n) is 6.82. The summed E-state index contributed by atoms with van der Waals surface area (Å²) >= 11 is 0. The third-order valence-electron chi connectivity index (χ3n) is 9.26. The fraction of sp³-hybridized carbons (Fsp3) is 0.529. The van der Waals surface area contributed by atoms with Crippen LogP contribution in [-0.2, 0) is 25.9 Å². The molecule has 3 fully saturated rings. The van der Waals surface area contributed by atoms with Gasteiger partial charge >= 0.3 is 6.18 Å². The molecule has 3 heterocycles. The first-order valence-electron chi connectivity index (χ1n) is 15.9. The Labute approximate surface area is 273 Å². The van der Waals surface area contributed by atoms with Gasteiger partial charge in [-0.15, -0.1) is 0 Å². The molecule has 2 N–H and O–H groups in total. The number of halogens is 3. The van der Waals surface area contributed by atoms with Crippen molar-refractivity contribution in [3.63, 3.8) is 0 Å². The summed E-state index contributed by atoms with van der Waals surface area (Å²) in [6, 6.07) is 12.4. The maximum absolute atomic E-state index is 13.7. The number of ether oxygens (including phenoxy) is 3. The molecule has 1 aliphatic carbocycles. The van der Waals surface area contributed by atoms with Gasteiger partial charge in [-0.05, 0) is 61.9 Å². The van der Waals surface area contributed by atoms with Crippen molar-refractivity contribution in [1.29, 1.82) is 0 Å². The Hall–Kier alpha value is -3.44. The van der Waals surface area contributed by atoms with E-state index in [1.807, 2.05) is 6.07 Å². The minimum atomic E-state index is -4.43. The number of hydrogen-bond donors (Lipinski definition) is 2. The zero-order valence-corrected chi connectivity index (χ0v) is 27.5. The van der Waals surface area contributed by atoms with E-state index in [-0.39, 0.29) is 29.8 Å². The summed E-state index contributed by atoms with van der Waals surface area (Å²) in [5.74, 6) is 6.18. The number of rotatable bonds is 11. The molecule has 254 valence electrons. The number of hydrogen-bond acceptors (Lipinski definition) is 8. The third-order valence-corrected chi connectivity index (χ3v) is 10.4. The first-order chi connectivity index (χ1) is 22.4. The highest BCUT2D eigenvalue weighted by atomic mass is 32.2. The average Bonchev–Trinajstić information content (AvgIpc) is 3.31. The molecule has 2 saturated heterocycles. The average molecular weight is 675 g/mol. The topological polar surface area (TPSA) is 94.1 Å². The van der Waals surface area contributed by atoms with Crippen LogP contribution in [0.2, 0.25) is 0 Å². The number of nitrogens with one attached hydrogen (secondary N) is 2. The molecule has 3 aliphatic rings. The van der Waals surface area contributed by atoms with Crippen molar-refractivity contribution in [3.8, 4) is 17.6 Å². The van der Waals surface area contributed by atoms with Gasteiger partial charge < -0.3 is 29.4 Å². The Morgan fingerprint density at radius 3 is 2.47 bits per heavy atom. The van der Waals surface area contributed by atoms with Crippen molar-refractivity contribution in [1.82, 2.24) is 9.47 Å². The molecule has 47 heavy (non-hydrogen) atoms. The van der Waals surface area contributed by atoms with Crippen molar-refractivity contribution in [2.45, 2.75) is 55.4 Å². The SMILES string of the molecule is COCCOc1cc(S(C)(=O)=O)ccc1NCC#Cc1cc2c(NC3CCC(N4CC5(COC5)C4)CC3)cccc2n1CC(F)(F)F. The van der Waals surface area contributed by atoms with Crippen molar-refractivity contribution < 1.29 is 35.8 Å². The maximum Gasteiger partial charge on any atom is 0.406 e. The number of methoxy groups -OCH3 is 1. The molecule has 1 aromatic heterocycles. The number of benzene rings is 2. The van der Waals surface area contributed by atoms with Gasteiger partial charge in [0.25, 0.3) is 0 Å². The van der Waals surface area contributed by atoms with Gasteiger partial charge in [-0.3, -0.25) is 4.90 Å². The first-order valence-corrected chi connectivity index (χ1v) is 17.8. The van der Waals surface area contributed by atoms with Crippen LogP contribution in [0.4, 0.5) is 24.5 Å². The van der Waals surface area contributed by atoms with Crippen molar-refractivity contribution >= 4 is 32.1 Å². The summed E-state index contributed by atoms with van der Waals surface area (Å²) in [4.78, 5) is 2.68. The summed E-state index contributed by atoms with van der Waals surface area (Å²) in [5.41, 5.74) is 2.44. The van der Waals surface area contributed by atoms with Gasteiger partial charge in [0.1, 0.15) is 18.9 Å². The second-order valence-electron chi connectivity index (χ2n) is 12.9. The third kappa shape index (κ3) is 7.83. The van der Waals surface area contributed by atoms with Crippen LogP contribution in [0.25, 0.3) is 10.9 Å². The molecule has 0 unspecified atom stereocenters. The molecule has 13 heteroatoms. The molecule has 0 radical (unpaired) electrons. The standard InChI is InChI=1S/C34H41F3N4O5S/c1-44-15-16-46-32-18-27(47(2,42)43)12-13-30(32)38-14-4-5-26-17-28-29(6-3-7-31(28)41(26)21-34(35,36)37)39-24-8-10-25(11-9-24)40-19-33(20-40)22-45-23-33/h3,6-7,12-13,17-18,24-25,38-39H,8-11,14-16,19-23H2,1-2H3. The van der Waals surface area contributed by atoms with Crippen LogP contribution in [-0.4, -0.2) is 95.6 Å². The lowest BCUT2D eigenvalue weighted by atomic mass is 9.75. The summed E-state index contributed by atoms with van der Waals surface area (Å²) in [7, 11) is -1.93. The van der Waals surface area contributed by atoms with Crippen LogP contribution in [0.15, 0.2) is 47.4 Å². The highest BCUT2D eigenvalue weighted by Crippen LogP contribution is 2.41. The quantitative estimate of drug-likeness (QED) is 0.213. The smallest absolute Gasteiger partial charge is 0.406 e. The van der Waals surface area contributed by atoms with Crippen molar-refractivity contribution in [2.24, 2.45) is 5.41 Å². The summed E-state index contributed by atoms with van der Waals surface area (Å²) in [6.07, 6.45) is 0.883. The van der Waals surface area contributed by atoms with Crippen LogP contribution in [0.1, 0.15) is 31.4 Å². The lowest BCUT2D eigenvalue weighted by Gasteiger charge is -2.58. The minimum Gasteiger partial charge on any atom is -0.489 e. The molecule has 9 nitrogen and oxygen atoms in total. The number of aromatic nitrogens is 1. The van der Waals surface area contributed by atoms with E-state index >= 15 is 0 Å². The molecule has 0 amide bonds. The predicted octanol–water partition coefficient (Wildman–Crippen LogP) is 5.15. The van der Waals surface area contributed by atoms with Crippen molar-refractivity contribution in [2.75, 3.05) is 70.1 Å². The number of alkyl halides is 3. The first kappa shape index (κ1) is 33.5. The van der Waals surface area contributed by atoms with E-state index in [2.05, 4.69) is 27.4 Å². The van der Waals surface area contributed by atoms with Crippen LogP contribution < -0.4 is 15.4 Å². The zero-order chi connectivity index (χ0) is 33.2. The molecule has 2 aromatic carbocycles. The highest BCUT2D eigenvalue weighted by molar-refractivity contribution is 7.90. The van der Waals surface area contributed by atoms with Gasteiger partial charge in [0.2, 0.25) is 0 Å². The van der Waals surface area contributed by atoms with Gasteiger partial charge in [0.15, 0.2) is 9.84 Å². The van der Waals surface area contributed by atoms with E-state index < -0.39 is 22.6 Å². The summed E-state index contributed by atoms with van der Waals surface area (Å²) in [5, 5.41) is 7.44. The highest BCUT2D eigenvalue weighted by Gasteiger charge is 2.50. The van der Waals surface area contributed by atoms with E-state index in [4.69, 9.17) is 14.2 Å². The summed E-state index contributed by atoms with van der Waals surface area (Å²) < 4.78 is 82.7. The number of sulfone groups is 1. The van der Waals surface area contributed by atoms with Crippen molar-refractivity contribution in [3.05, 3.63) is 48.2 Å². The Morgan fingerprint density at radius 2 is 1.81 bits per heavy atom. The minimum absolute atomic E-state index is 0.0892. The van der Waals surface area contributed by atoms with E-state index in [9.17, 15) is 21.6 Å². The molecule has 6 rings (SSSR count). The normalized spacial score (nSPS) is 21.0. The Kier molecular flexibility index (Phi) is 9.67. The van der Waals surface area contributed by atoms with Crippen LogP contribution in [0.3, 0.4) is 0 Å². The maximum atomic E-state index is 13.7. The Bertz CT molecular complexity index is 1740. The van der Waals surface area contributed by atoms with Gasteiger partial charge in [0, 0.05) is 61.1 Å². The molecule has 1 saturated carbocycles. The second-order valence-corrected chi connectivity index (χ2v) is 15.0. The molecule has 0 bridgehead atoms. The van der Waals surface area contributed by atoms with Crippen LogP contribution >= 0.6 is 0 Å².